The molecule has 2 heterocycles. The molecule has 0 spiro atoms. The van der Waals surface area contributed by atoms with Crippen LogP contribution >= 0.6 is 15.9 Å². The quantitative estimate of drug-likeness (QED) is 0.821. The van der Waals surface area contributed by atoms with Crippen LogP contribution in [0.5, 0.6) is 0 Å². The predicted molar refractivity (Wildman–Crippen MR) is 81.9 cm³/mol. The third-order valence-electron chi connectivity index (χ3n) is 3.71. The van der Waals surface area contributed by atoms with E-state index in [1.165, 1.54) is 11.1 Å². The van der Waals surface area contributed by atoms with Crippen LogP contribution in [0, 0.1) is 0 Å². The van der Waals surface area contributed by atoms with Crippen LogP contribution in [0.2, 0.25) is 0 Å². The van der Waals surface area contributed by atoms with Crippen molar-refractivity contribution in [3.63, 3.8) is 0 Å². The highest BCUT2D eigenvalue weighted by Crippen LogP contribution is 2.29. The van der Waals surface area contributed by atoms with Gasteiger partial charge in [0.25, 0.3) is 5.56 Å². The standard InChI is InChI=1S/C13H21BrN4O2/c14-12-11(9-16-18(7-8-19)13(12)20)17-6-2-1-3-10(17)4-5-15/h9-10,19H,1-8,15H2. The Labute approximate surface area is 126 Å². The molecule has 0 aliphatic carbocycles. The number of nitrogens with zero attached hydrogens (tertiary/aromatic N) is 3. The summed E-state index contributed by atoms with van der Waals surface area (Å²) in [6, 6.07) is 0.375. The normalized spacial score (nSPS) is 19.4. The fourth-order valence-corrected chi connectivity index (χ4v) is 3.26. The van der Waals surface area contributed by atoms with Gasteiger partial charge in [0.15, 0.2) is 0 Å². The van der Waals surface area contributed by atoms with Crippen LogP contribution in [0.1, 0.15) is 25.7 Å². The maximum absolute atomic E-state index is 12.2. The molecular weight excluding hydrogens is 324 g/mol. The highest BCUT2D eigenvalue weighted by molar-refractivity contribution is 9.10. The Balaban J connectivity index is 2.31. The number of halogens is 1. The first-order valence-corrected chi connectivity index (χ1v) is 7.81. The third-order valence-corrected chi connectivity index (χ3v) is 4.46. The molecule has 1 aromatic rings. The van der Waals surface area contributed by atoms with Crippen molar-refractivity contribution in [3.8, 4) is 0 Å². The van der Waals surface area contributed by atoms with Crippen LogP contribution in [0.15, 0.2) is 15.5 Å². The highest BCUT2D eigenvalue weighted by Gasteiger charge is 2.25. The van der Waals surface area contributed by atoms with Gasteiger partial charge < -0.3 is 15.7 Å². The van der Waals surface area contributed by atoms with Gasteiger partial charge >= 0.3 is 0 Å². The minimum absolute atomic E-state index is 0.0990. The van der Waals surface area contributed by atoms with E-state index in [1.807, 2.05) is 0 Å². The second-order valence-electron chi connectivity index (χ2n) is 5.02. The number of hydrogen-bond donors (Lipinski definition) is 2. The lowest BCUT2D eigenvalue weighted by molar-refractivity contribution is 0.266. The molecule has 1 aromatic heterocycles. The molecule has 1 aliphatic rings. The van der Waals surface area contributed by atoms with Crippen molar-refractivity contribution in [2.75, 3.05) is 24.6 Å². The molecule has 2 rings (SSSR count). The van der Waals surface area contributed by atoms with Crippen molar-refractivity contribution in [1.82, 2.24) is 9.78 Å². The Kier molecular flexibility index (Phi) is 5.56. The lowest BCUT2D eigenvalue weighted by Crippen LogP contribution is -2.42. The molecule has 1 unspecified atom stereocenters. The smallest absolute Gasteiger partial charge is 0.283 e. The SMILES string of the molecule is NCCC1CCCCN1c1cnn(CCO)c(=O)c1Br. The second-order valence-corrected chi connectivity index (χ2v) is 5.81. The Bertz CT molecular complexity index is 504. The number of piperidine rings is 1. The van der Waals surface area contributed by atoms with E-state index in [2.05, 4.69) is 25.9 Å². The second kappa shape index (κ2) is 7.19. The molecule has 1 saturated heterocycles. The van der Waals surface area contributed by atoms with Gasteiger partial charge in [-0.15, -0.1) is 0 Å². The average molecular weight is 345 g/mol. The van der Waals surface area contributed by atoms with Gasteiger partial charge in [0.2, 0.25) is 0 Å². The molecule has 3 N–H and O–H groups in total. The van der Waals surface area contributed by atoms with Crippen molar-refractivity contribution in [3.05, 3.63) is 21.0 Å². The summed E-state index contributed by atoms with van der Waals surface area (Å²) < 4.78 is 1.79. The van der Waals surface area contributed by atoms with Crippen LogP contribution in [0.25, 0.3) is 0 Å². The Morgan fingerprint density at radius 2 is 2.30 bits per heavy atom. The molecule has 6 nitrogen and oxygen atoms in total. The van der Waals surface area contributed by atoms with E-state index in [9.17, 15) is 4.79 Å². The molecule has 20 heavy (non-hydrogen) atoms. The maximum Gasteiger partial charge on any atom is 0.283 e. The molecule has 1 aliphatic heterocycles. The minimum Gasteiger partial charge on any atom is -0.394 e. The number of aromatic nitrogens is 2. The van der Waals surface area contributed by atoms with Crippen molar-refractivity contribution in [1.29, 1.82) is 0 Å². The highest BCUT2D eigenvalue weighted by atomic mass is 79.9. The number of anilines is 1. The Hall–Kier alpha value is -0.920. The number of aliphatic hydroxyl groups is 1. The zero-order valence-electron chi connectivity index (χ0n) is 11.5. The first-order valence-electron chi connectivity index (χ1n) is 7.02. The largest absolute Gasteiger partial charge is 0.394 e. The molecule has 7 heteroatoms. The zero-order chi connectivity index (χ0) is 14.5. The lowest BCUT2D eigenvalue weighted by Gasteiger charge is -2.37. The topological polar surface area (TPSA) is 84.4 Å². The van der Waals surface area contributed by atoms with Gasteiger partial charge in [0, 0.05) is 12.6 Å². The fraction of sp³-hybridized carbons (Fsp3) is 0.692. The van der Waals surface area contributed by atoms with E-state index >= 15 is 0 Å². The van der Waals surface area contributed by atoms with Crippen LogP contribution in [-0.2, 0) is 6.54 Å². The van der Waals surface area contributed by atoms with Crippen LogP contribution in [0.4, 0.5) is 5.69 Å². The molecule has 1 fully saturated rings. The predicted octanol–water partition coefficient (Wildman–Crippen LogP) is 0.706. The Morgan fingerprint density at radius 1 is 1.50 bits per heavy atom. The molecule has 0 bridgehead atoms. The van der Waals surface area contributed by atoms with E-state index < -0.39 is 0 Å². The molecule has 112 valence electrons. The zero-order valence-corrected chi connectivity index (χ0v) is 13.0. The van der Waals surface area contributed by atoms with E-state index in [4.69, 9.17) is 10.8 Å². The summed E-state index contributed by atoms with van der Waals surface area (Å²) >= 11 is 3.39. The summed E-state index contributed by atoms with van der Waals surface area (Å²) in [5.41, 5.74) is 6.32. The third kappa shape index (κ3) is 3.21. The van der Waals surface area contributed by atoms with Crippen LogP contribution in [0.3, 0.4) is 0 Å². The summed E-state index contributed by atoms with van der Waals surface area (Å²) in [7, 11) is 0. The van der Waals surface area contributed by atoms with Gasteiger partial charge in [-0.25, -0.2) is 4.68 Å². The van der Waals surface area contributed by atoms with E-state index in [0.717, 1.165) is 31.5 Å². The van der Waals surface area contributed by atoms with Crippen LogP contribution < -0.4 is 16.2 Å². The number of nitrogens with two attached hydrogens (primary N) is 1. The molecule has 1 atom stereocenters. The number of rotatable bonds is 5. The van der Waals surface area contributed by atoms with E-state index in [1.54, 1.807) is 6.20 Å². The maximum atomic E-state index is 12.2. The van der Waals surface area contributed by atoms with Crippen LogP contribution in [-0.4, -0.2) is 40.6 Å². The average Bonchev–Trinajstić information content (AvgIpc) is 2.46. The van der Waals surface area contributed by atoms with Crippen molar-refractivity contribution in [2.24, 2.45) is 5.73 Å². The first-order chi connectivity index (χ1) is 9.69. The summed E-state index contributed by atoms with van der Waals surface area (Å²) in [6.07, 6.45) is 6.05. The Morgan fingerprint density at radius 3 is 3.00 bits per heavy atom. The molecular formula is C13H21BrN4O2. The first kappa shape index (κ1) is 15.5. The van der Waals surface area contributed by atoms with Crippen molar-refractivity contribution in [2.45, 2.75) is 38.3 Å². The minimum atomic E-state index is -0.200. The summed E-state index contributed by atoms with van der Waals surface area (Å²) in [5.74, 6) is 0. The molecule has 0 amide bonds. The van der Waals surface area contributed by atoms with Gasteiger partial charge in [0.1, 0.15) is 4.47 Å². The number of aliphatic hydroxyl groups excluding tert-OH is 1. The monoisotopic (exact) mass is 344 g/mol. The lowest BCUT2D eigenvalue weighted by atomic mass is 9.99. The van der Waals surface area contributed by atoms with Gasteiger partial charge in [0.05, 0.1) is 25.0 Å². The molecule has 0 radical (unpaired) electrons. The molecule has 0 aromatic carbocycles. The fourth-order valence-electron chi connectivity index (χ4n) is 2.72. The van der Waals surface area contributed by atoms with Gasteiger partial charge in [-0.1, -0.05) is 0 Å². The summed E-state index contributed by atoms with van der Waals surface area (Å²) in [6.45, 7) is 1.68. The van der Waals surface area contributed by atoms with Gasteiger partial charge in [-0.3, -0.25) is 4.79 Å². The summed E-state index contributed by atoms with van der Waals surface area (Å²) in [4.78, 5) is 14.4. The van der Waals surface area contributed by atoms with Gasteiger partial charge in [-0.05, 0) is 48.2 Å². The number of hydrogen-bond acceptors (Lipinski definition) is 5. The van der Waals surface area contributed by atoms with Gasteiger partial charge in [-0.2, -0.15) is 5.10 Å². The molecule has 0 saturated carbocycles. The van der Waals surface area contributed by atoms with E-state index in [-0.39, 0.29) is 18.7 Å². The summed E-state index contributed by atoms with van der Waals surface area (Å²) in [5, 5.41) is 13.1. The van der Waals surface area contributed by atoms with Crippen molar-refractivity contribution < 1.29 is 5.11 Å². The van der Waals surface area contributed by atoms with E-state index in [0.29, 0.717) is 17.1 Å². The van der Waals surface area contributed by atoms with Crippen molar-refractivity contribution >= 4 is 21.6 Å².